The normalized spacial score (nSPS) is 22.1. The summed E-state index contributed by atoms with van der Waals surface area (Å²) < 4.78 is 19.1. The standard InChI is InChI=1S/C15H18FNOS/c1-11-15(6-8-18-11)19-10-12-4-5-14(16)13(9-12)3-2-7-17/h4-5,9,11,15H,6-8,10,17H2,1H3. The summed E-state index contributed by atoms with van der Waals surface area (Å²) in [6.07, 6.45) is 1.40. The van der Waals surface area contributed by atoms with Gasteiger partial charge in [-0.25, -0.2) is 4.39 Å². The number of thioether (sulfide) groups is 1. The first-order valence-corrected chi connectivity index (χ1v) is 7.46. The molecule has 4 heteroatoms. The van der Waals surface area contributed by atoms with Gasteiger partial charge in [0.15, 0.2) is 0 Å². The van der Waals surface area contributed by atoms with Crippen molar-refractivity contribution in [2.45, 2.75) is 30.5 Å². The van der Waals surface area contributed by atoms with Gasteiger partial charge in [-0.05, 0) is 31.0 Å². The van der Waals surface area contributed by atoms with Gasteiger partial charge in [0.05, 0.1) is 18.2 Å². The zero-order valence-corrected chi connectivity index (χ0v) is 11.8. The van der Waals surface area contributed by atoms with Crippen LogP contribution in [-0.2, 0) is 10.5 Å². The largest absolute Gasteiger partial charge is 0.377 e. The van der Waals surface area contributed by atoms with Gasteiger partial charge in [0, 0.05) is 17.6 Å². The molecule has 2 nitrogen and oxygen atoms in total. The maximum absolute atomic E-state index is 13.5. The summed E-state index contributed by atoms with van der Waals surface area (Å²) in [7, 11) is 0. The number of ether oxygens (including phenoxy) is 1. The van der Waals surface area contributed by atoms with Crippen LogP contribution >= 0.6 is 11.8 Å². The van der Waals surface area contributed by atoms with E-state index in [-0.39, 0.29) is 12.4 Å². The summed E-state index contributed by atoms with van der Waals surface area (Å²) in [6, 6.07) is 5.10. The predicted octanol–water partition coefficient (Wildman–Crippen LogP) is 2.55. The molecular formula is C15H18FNOS. The minimum absolute atomic E-state index is 0.245. The maximum atomic E-state index is 13.5. The lowest BCUT2D eigenvalue weighted by molar-refractivity contribution is 0.127. The van der Waals surface area contributed by atoms with Crippen molar-refractivity contribution in [1.29, 1.82) is 0 Å². The summed E-state index contributed by atoms with van der Waals surface area (Å²) in [5.41, 5.74) is 6.83. The van der Waals surface area contributed by atoms with Gasteiger partial charge in [-0.2, -0.15) is 11.8 Å². The van der Waals surface area contributed by atoms with Gasteiger partial charge in [0.1, 0.15) is 5.82 Å². The molecule has 1 fully saturated rings. The molecule has 0 radical (unpaired) electrons. The third kappa shape index (κ3) is 3.97. The first kappa shape index (κ1) is 14.4. The van der Waals surface area contributed by atoms with Gasteiger partial charge >= 0.3 is 0 Å². The summed E-state index contributed by atoms with van der Waals surface area (Å²) in [5, 5.41) is 0.531. The van der Waals surface area contributed by atoms with E-state index in [4.69, 9.17) is 10.5 Å². The van der Waals surface area contributed by atoms with Crippen molar-refractivity contribution in [3.8, 4) is 11.8 Å². The third-order valence-corrected chi connectivity index (χ3v) is 4.67. The monoisotopic (exact) mass is 279 g/mol. The predicted molar refractivity (Wildman–Crippen MR) is 77.4 cm³/mol. The molecule has 1 aliphatic heterocycles. The number of hydrogen-bond acceptors (Lipinski definition) is 3. The zero-order chi connectivity index (χ0) is 13.7. The summed E-state index contributed by atoms with van der Waals surface area (Å²) in [6.45, 7) is 3.19. The van der Waals surface area contributed by atoms with Gasteiger partial charge in [0.25, 0.3) is 0 Å². The SMILES string of the molecule is CC1OCCC1SCc1ccc(F)c(C#CCN)c1. The Labute approximate surface area is 117 Å². The molecule has 2 rings (SSSR count). The minimum Gasteiger partial charge on any atom is -0.377 e. The Morgan fingerprint density at radius 2 is 2.37 bits per heavy atom. The van der Waals surface area contributed by atoms with E-state index in [2.05, 4.69) is 18.8 Å². The van der Waals surface area contributed by atoms with E-state index < -0.39 is 0 Å². The van der Waals surface area contributed by atoms with E-state index in [0.29, 0.717) is 16.9 Å². The molecule has 2 unspecified atom stereocenters. The lowest BCUT2D eigenvalue weighted by Gasteiger charge is -2.13. The van der Waals surface area contributed by atoms with Crippen LogP contribution in [0.4, 0.5) is 4.39 Å². The molecule has 1 aromatic carbocycles. The zero-order valence-electron chi connectivity index (χ0n) is 11.0. The van der Waals surface area contributed by atoms with Crippen molar-refractivity contribution >= 4 is 11.8 Å². The average molecular weight is 279 g/mol. The highest BCUT2D eigenvalue weighted by molar-refractivity contribution is 7.99. The van der Waals surface area contributed by atoms with Crippen LogP contribution in [0.25, 0.3) is 0 Å². The molecule has 0 bridgehead atoms. The molecule has 1 saturated heterocycles. The molecular weight excluding hydrogens is 261 g/mol. The molecule has 1 heterocycles. The van der Waals surface area contributed by atoms with E-state index in [9.17, 15) is 4.39 Å². The van der Waals surface area contributed by atoms with Crippen molar-refractivity contribution in [1.82, 2.24) is 0 Å². The summed E-state index contributed by atoms with van der Waals surface area (Å²) in [5.74, 6) is 6.03. The summed E-state index contributed by atoms with van der Waals surface area (Å²) >= 11 is 1.86. The van der Waals surface area contributed by atoms with Crippen LogP contribution in [0.3, 0.4) is 0 Å². The van der Waals surface area contributed by atoms with Gasteiger partial charge < -0.3 is 10.5 Å². The van der Waals surface area contributed by atoms with Crippen LogP contribution in [0, 0.1) is 17.7 Å². The second-order valence-corrected chi connectivity index (χ2v) is 5.76. The van der Waals surface area contributed by atoms with Gasteiger partial charge in [0.2, 0.25) is 0 Å². The first-order valence-electron chi connectivity index (χ1n) is 6.41. The number of benzene rings is 1. The fraction of sp³-hybridized carbons (Fsp3) is 0.467. The second kappa shape index (κ2) is 6.95. The lowest BCUT2D eigenvalue weighted by atomic mass is 10.1. The van der Waals surface area contributed by atoms with Gasteiger partial charge in [-0.15, -0.1) is 0 Å². The molecule has 102 valence electrons. The quantitative estimate of drug-likeness (QED) is 0.864. The van der Waals surface area contributed by atoms with Crippen LogP contribution in [0.5, 0.6) is 0 Å². The third-order valence-electron chi connectivity index (χ3n) is 3.13. The Hall–Kier alpha value is -1.02. The van der Waals surface area contributed by atoms with E-state index in [1.54, 1.807) is 0 Å². The van der Waals surface area contributed by atoms with Crippen LogP contribution < -0.4 is 5.73 Å². The Balaban J connectivity index is 2.00. The number of rotatable bonds is 3. The summed E-state index contributed by atoms with van der Waals surface area (Å²) in [4.78, 5) is 0. The van der Waals surface area contributed by atoms with Crippen molar-refractivity contribution in [3.05, 3.63) is 35.1 Å². The number of nitrogens with two attached hydrogens (primary N) is 1. The van der Waals surface area contributed by atoms with E-state index >= 15 is 0 Å². The lowest BCUT2D eigenvalue weighted by Crippen LogP contribution is -2.13. The molecule has 0 aromatic heterocycles. The van der Waals surface area contributed by atoms with E-state index in [1.807, 2.05) is 23.9 Å². The molecule has 0 aliphatic carbocycles. The Bertz CT molecular complexity index is 495. The van der Waals surface area contributed by atoms with E-state index in [0.717, 1.165) is 24.3 Å². The highest BCUT2D eigenvalue weighted by Crippen LogP contribution is 2.29. The van der Waals surface area contributed by atoms with Crippen LogP contribution in [0.2, 0.25) is 0 Å². The van der Waals surface area contributed by atoms with Crippen molar-refractivity contribution in [2.24, 2.45) is 5.73 Å². The van der Waals surface area contributed by atoms with Crippen molar-refractivity contribution in [3.63, 3.8) is 0 Å². The Morgan fingerprint density at radius 3 is 3.05 bits per heavy atom. The molecule has 19 heavy (non-hydrogen) atoms. The van der Waals surface area contributed by atoms with Crippen LogP contribution in [0.1, 0.15) is 24.5 Å². The highest BCUT2D eigenvalue weighted by Gasteiger charge is 2.24. The molecule has 0 saturated carbocycles. The molecule has 0 spiro atoms. The van der Waals surface area contributed by atoms with Crippen molar-refractivity contribution in [2.75, 3.05) is 13.2 Å². The van der Waals surface area contributed by atoms with Crippen LogP contribution in [-0.4, -0.2) is 24.5 Å². The maximum Gasteiger partial charge on any atom is 0.138 e. The van der Waals surface area contributed by atoms with Crippen molar-refractivity contribution < 1.29 is 9.13 Å². The minimum atomic E-state index is -0.285. The molecule has 0 amide bonds. The molecule has 1 aliphatic rings. The smallest absolute Gasteiger partial charge is 0.138 e. The highest BCUT2D eigenvalue weighted by atomic mass is 32.2. The molecule has 2 atom stereocenters. The van der Waals surface area contributed by atoms with E-state index in [1.165, 1.54) is 6.07 Å². The number of halogens is 1. The molecule has 2 N–H and O–H groups in total. The molecule has 1 aromatic rings. The first-order chi connectivity index (χ1) is 9.20. The van der Waals surface area contributed by atoms with Gasteiger partial charge in [-0.3, -0.25) is 0 Å². The Kier molecular flexibility index (Phi) is 5.26. The fourth-order valence-corrected chi connectivity index (χ4v) is 3.24. The fourth-order valence-electron chi connectivity index (χ4n) is 2.04. The average Bonchev–Trinajstić information content (AvgIpc) is 2.82. The second-order valence-electron chi connectivity index (χ2n) is 4.53. The van der Waals surface area contributed by atoms with Crippen LogP contribution in [0.15, 0.2) is 18.2 Å². The Morgan fingerprint density at radius 1 is 1.53 bits per heavy atom. The van der Waals surface area contributed by atoms with Gasteiger partial charge in [-0.1, -0.05) is 17.9 Å². The topological polar surface area (TPSA) is 35.2 Å². The number of hydrogen-bond donors (Lipinski definition) is 1.